The highest BCUT2D eigenvalue weighted by atomic mass is 32.2. The second kappa shape index (κ2) is 6.48. The summed E-state index contributed by atoms with van der Waals surface area (Å²) in [4.78, 5) is 24.9. The van der Waals surface area contributed by atoms with Crippen molar-refractivity contribution in [1.82, 2.24) is 5.32 Å². The van der Waals surface area contributed by atoms with Gasteiger partial charge in [-0.1, -0.05) is 0 Å². The van der Waals surface area contributed by atoms with Gasteiger partial charge in [0.25, 0.3) is 0 Å². The van der Waals surface area contributed by atoms with E-state index in [2.05, 4.69) is 5.32 Å². The van der Waals surface area contributed by atoms with E-state index in [-0.39, 0.29) is 23.5 Å². The molecule has 1 N–H and O–H groups in total. The third-order valence-electron chi connectivity index (χ3n) is 5.40. The molecular weight excluding hydrogens is 382 g/mol. The van der Waals surface area contributed by atoms with Crippen molar-refractivity contribution in [2.75, 3.05) is 11.5 Å². The van der Waals surface area contributed by atoms with E-state index in [1.54, 1.807) is 13.2 Å². The molecule has 1 aliphatic heterocycles. The molecule has 1 aromatic carbocycles. The molecule has 1 unspecified atom stereocenters. The Bertz CT molecular complexity index is 1280. The summed E-state index contributed by atoms with van der Waals surface area (Å²) in [6.45, 7) is 5.65. The first kappa shape index (κ1) is 18.7. The molecule has 1 fully saturated rings. The number of amides is 1. The molecule has 0 saturated carbocycles. The topological polar surface area (TPSA) is 107 Å². The Morgan fingerprint density at radius 3 is 2.64 bits per heavy atom. The van der Waals surface area contributed by atoms with Crippen LogP contribution in [0.25, 0.3) is 21.9 Å². The molecule has 1 saturated heterocycles. The van der Waals surface area contributed by atoms with Crippen molar-refractivity contribution in [2.45, 2.75) is 39.7 Å². The van der Waals surface area contributed by atoms with Gasteiger partial charge in [0.15, 0.2) is 9.84 Å². The zero-order valence-corrected chi connectivity index (χ0v) is 16.7. The summed E-state index contributed by atoms with van der Waals surface area (Å²) in [6, 6.07) is 1.40. The van der Waals surface area contributed by atoms with Gasteiger partial charge in [-0.05, 0) is 49.9 Å². The number of fused-ring (bicyclic) bond motifs is 3. The molecule has 1 aliphatic rings. The fourth-order valence-electron chi connectivity index (χ4n) is 4.03. The fourth-order valence-corrected chi connectivity index (χ4v) is 5.70. The normalized spacial score (nSPS) is 18.8. The molecule has 28 heavy (non-hydrogen) atoms. The zero-order valence-electron chi connectivity index (χ0n) is 15.9. The minimum Gasteiger partial charge on any atom is -0.463 e. The number of hydrogen-bond donors (Lipinski definition) is 1. The summed E-state index contributed by atoms with van der Waals surface area (Å²) in [7, 11) is -3.09. The first-order valence-corrected chi connectivity index (χ1v) is 10.9. The highest BCUT2D eigenvalue weighted by Gasteiger charge is 2.29. The van der Waals surface area contributed by atoms with E-state index < -0.39 is 27.4 Å². The van der Waals surface area contributed by atoms with E-state index >= 15 is 0 Å². The van der Waals surface area contributed by atoms with Crippen LogP contribution in [-0.4, -0.2) is 31.9 Å². The molecule has 7 nitrogen and oxygen atoms in total. The number of benzene rings is 1. The van der Waals surface area contributed by atoms with Crippen LogP contribution in [0.1, 0.15) is 28.7 Å². The van der Waals surface area contributed by atoms with Crippen LogP contribution in [0.4, 0.5) is 0 Å². The predicted molar refractivity (Wildman–Crippen MR) is 105 cm³/mol. The van der Waals surface area contributed by atoms with Gasteiger partial charge in [-0.25, -0.2) is 13.2 Å². The molecule has 148 valence electrons. The zero-order chi connectivity index (χ0) is 20.2. The highest BCUT2D eigenvalue weighted by molar-refractivity contribution is 7.91. The van der Waals surface area contributed by atoms with Crippen LogP contribution in [0.5, 0.6) is 0 Å². The van der Waals surface area contributed by atoms with Crippen LogP contribution in [0.2, 0.25) is 0 Å². The van der Waals surface area contributed by atoms with Crippen LogP contribution >= 0.6 is 0 Å². The lowest BCUT2D eigenvalue weighted by atomic mass is 9.98. The number of carbonyl (C=O) groups is 1. The quantitative estimate of drug-likeness (QED) is 0.673. The van der Waals surface area contributed by atoms with E-state index in [9.17, 15) is 18.0 Å². The van der Waals surface area contributed by atoms with Crippen LogP contribution < -0.4 is 10.9 Å². The van der Waals surface area contributed by atoms with Gasteiger partial charge in [-0.3, -0.25) is 4.79 Å². The SMILES string of the molecule is Cc1coc2c1c(C)cc1oc(=O)c(CC(=O)NC3CCS(=O)(=O)C3)c(C)c12. The first-order valence-electron chi connectivity index (χ1n) is 9.10. The average Bonchev–Trinajstić information content (AvgIpc) is 3.14. The molecular formula is C20H21NO6S. The Morgan fingerprint density at radius 1 is 1.21 bits per heavy atom. The minimum absolute atomic E-state index is 0.0599. The molecule has 0 bridgehead atoms. The molecule has 3 heterocycles. The van der Waals surface area contributed by atoms with E-state index in [4.69, 9.17) is 8.83 Å². The number of nitrogens with one attached hydrogen (secondary N) is 1. The van der Waals surface area contributed by atoms with Gasteiger partial charge in [0, 0.05) is 11.4 Å². The first-order chi connectivity index (χ1) is 13.2. The van der Waals surface area contributed by atoms with E-state index in [0.717, 1.165) is 16.5 Å². The summed E-state index contributed by atoms with van der Waals surface area (Å²) in [6.07, 6.45) is 1.88. The van der Waals surface area contributed by atoms with Gasteiger partial charge in [0.05, 0.1) is 35.1 Å². The van der Waals surface area contributed by atoms with Gasteiger partial charge in [-0.15, -0.1) is 0 Å². The number of aryl methyl sites for hydroxylation is 3. The van der Waals surface area contributed by atoms with Crippen LogP contribution in [0.3, 0.4) is 0 Å². The van der Waals surface area contributed by atoms with Gasteiger partial charge in [-0.2, -0.15) is 0 Å². The lowest BCUT2D eigenvalue weighted by Gasteiger charge is -2.12. The standard InChI is InChI=1S/C20H21NO6S/c1-10-6-15-18(19-17(10)11(2)8-26-19)12(3)14(20(23)27-15)7-16(22)21-13-4-5-28(24,25)9-13/h6,8,13H,4-5,7,9H2,1-3H3,(H,21,22). The summed E-state index contributed by atoms with van der Waals surface area (Å²) < 4.78 is 34.3. The van der Waals surface area contributed by atoms with Crippen LogP contribution in [-0.2, 0) is 21.1 Å². The number of hydrogen-bond acceptors (Lipinski definition) is 6. The molecule has 1 atom stereocenters. The molecule has 2 aromatic heterocycles. The second-order valence-corrected chi connectivity index (χ2v) is 9.76. The monoisotopic (exact) mass is 403 g/mol. The summed E-state index contributed by atoms with van der Waals surface area (Å²) in [5.41, 5.74) is 3.32. The van der Waals surface area contributed by atoms with Crippen molar-refractivity contribution in [3.05, 3.63) is 45.0 Å². The van der Waals surface area contributed by atoms with Gasteiger partial charge >= 0.3 is 5.63 Å². The largest absolute Gasteiger partial charge is 0.463 e. The Morgan fingerprint density at radius 2 is 1.96 bits per heavy atom. The lowest BCUT2D eigenvalue weighted by Crippen LogP contribution is -2.37. The number of sulfone groups is 1. The van der Waals surface area contributed by atoms with Crippen LogP contribution in [0, 0.1) is 20.8 Å². The average molecular weight is 403 g/mol. The Balaban J connectivity index is 1.73. The van der Waals surface area contributed by atoms with Crippen LogP contribution in [0.15, 0.2) is 26.0 Å². The van der Waals surface area contributed by atoms with Gasteiger partial charge in [0.2, 0.25) is 5.91 Å². The minimum atomic E-state index is -3.09. The Kier molecular flexibility index (Phi) is 4.33. The molecule has 3 aromatic rings. The number of carbonyl (C=O) groups excluding carboxylic acids is 1. The maximum absolute atomic E-state index is 12.5. The predicted octanol–water partition coefficient (Wildman–Crippen LogP) is 2.31. The number of furan rings is 1. The summed E-state index contributed by atoms with van der Waals surface area (Å²) >= 11 is 0. The van der Waals surface area contributed by atoms with Gasteiger partial charge in [0.1, 0.15) is 11.2 Å². The molecule has 1 amide bonds. The maximum atomic E-state index is 12.5. The van der Waals surface area contributed by atoms with Crippen molar-refractivity contribution in [1.29, 1.82) is 0 Å². The third kappa shape index (κ3) is 3.11. The lowest BCUT2D eigenvalue weighted by molar-refractivity contribution is -0.121. The van der Waals surface area contributed by atoms with E-state index in [1.807, 2.05) is 19.9 Å². The molecule has 0 aliphatic carbocycles. The molecule has 0 spiro atoms. The highest BCUT2D eigenvalue weighted by Crippen LogP contribution is 2.34. The Hall–Kier alpha value is -2.61. The second-order valence-electron chi connectivity index (χ2n) is 7.53. The Labute approximate surface area is 161 Å². The van der Waals surface area contributed by atoms with Crippen molar-refractivity contribution < 1.29 is 22.0 Å². The van der Waals surface area contributed by atoms with Crippen molar-refractivity contribution in [3.63, 3.8) is 0 Å². The maximum Gasteiger partial charge on any atom is 0.340 e. The molecule has 8 heteroatoms. The smallest absolute Gasteiger partial charge is 0.340 e. The fraction of sp³-hybridized carbons (Fsp3) is 0.400. The van der Waals surface area contributed by atoms with E-state index in [0.29, 0.717) is 28.5 Å². The van der Waals surface area contributed by atoms with Crippen molar-refractivity contribution in [3.8, 4) is 0 Å². The van der Waals surface area contributed by atoms with Crippen molar-refractivity contribution in [2.24, 2.45) is 0 Å². The third-order valence-corrected chi connectivity index (χ3v) is 7.17. The van der Waals surface area contributed by atoms with Gasteiger partial charge < -0.3 is 14.2 Å². The molecule has 4 rings (SSSR count). The van der Waals surface area contributed by atoms with E-state index in [1.165, 1.54) is 0 Å². The molecule has 0 radical (unpaired) electrons. The summed E-state index contributed by atoms with van der Waals surface area (Å²) in [5, 5.41) is 4.36. The number of rotatable bonds is 3. The summed E-state index contributed by atoms with van der Waals surface area (Å²) in [5.74, 6) is -0.379. The van der Waals surface area contributed by atoms with Crippen molar-refractivity contribution >= 4 is 37.7 Å².